The smallest absolute Gasteiger partial charge is 0.0340 e. The van der Waals surface area contributed by atoms with Gasteiger partial charge in [0.2, 0.25) is 0 Å². The van der Waals surface area contributed by atoms with Crippen LogP contribution >= 0.6 is 0 Å². The Kier molecular flexibility index (Phi) is 3.20. The highest BCUT2D eigenvalue weighted by atomic mass is 14.9. The maximum Gasteiger partial charge on any atom is 0.0340 e. The van der Waals surface area contributed by atoms with E-state index >= 15 is 0 Å². The minimum Gasteiger partial charge on any atom is -0.384 e. The molecule has 2 rings (SSSR count). The van der Waals surface area contributed by atoms with Crippen LogP contribution in [0.25, 0.3) is 0 Å². The summed E-state index contributed by atoms with van der Waals surface area (Å²) in [5, 5.41) is 3.60. The summed E-state index contributed by atoms with van der Waals surface area (Å²) in [5.74, 6) is 0.824. The van der Waals surface area contributed by atoms with Gasteiger partial charge in [-0.2, -0.15) is 0 Å². The van der Waals surface area contributed by atoms with Crippen LogP contribution in [0.15, 0.2) is 30.3 Å². The molecule has 1 N–H and O–H groups in total. The van der Waals surface area contributed by atoms with Crippen molar-refractivity contribution in [3.8, 4) is 0 Å². The maximum absolute atomic E-state index is 3.60. The van der Waals surface area contributed by atoms with E-state index in [2.05, 4.69) is 63.3 Å². The summed E-state index contributed by atoms with van der Waals surface area (Å²) >= 11 is 0. The van der Waals surface area contributed by atoms with Crippen molar-refractivity contribution < 1.29 is 0 Å². The van der Waals surface area contributed by atoms with Crippen molar-refractivity contribution in [2.24, 2.45) is 16.7 Å². The van der Waals surface area contributed by atoms with Gasteiger partial charge in [0.05, 0.1) is 0 Å². The summed E-state index contributed by atoms with van der Waals surface area (Å²) in [6.07, 6.45) is 2.70. The minimum atomic E-state index is 0.405. The molecule has 94 valence electrons. The molecule has 0 bridgehead atoms. The summed E-state index contributed by atoms with van der Waals surface area (Å²) in [4.78, 5) is 0. The third-order valence-corrected chi connectivity index (χ3v) is 5.37. The number of nitrogens with one attached hydrogen (secondary N) is 1. The Balaban J connectivity index is 2.04. The third kappa shape index (κ3) is 2.20. The first-order chi connectivity index (χ1) is 7.96. The quantitative estimate of drug-likeness (QED) is 0.804. The van der Waals surface area contributed by atoms with Gasteiger partial charge < -0.3 is 5.32 Å². The van der Waals surface area contributed by atoms with E-state index < -0.39 is 0 Å². The molecule has 0 aliphatic heterocycles. The largest absolute Gasteiger partial charge is 0.384 e. The average molecular weight is 231 g/mol. The molecule has 2 atom stereocenters. The van der Waals surface area contributed by atoms with Gasteiger partial charge in [-0.15, -0.1) is 0 Å². The molecule has 0 radical (unpaired) electrons. The highest BCUT2D eigenvalue weighted by molar-refractivity contribution is 5.42. The molecule has 1 fully saturated rings. The van der Waals surface area contributed by atoms with Crippen molar-refractivity contribution in [2.45, 2.75) is 40.5 Å². The van der Waals surface area contributed by atoms with Crippen molar-refractivity contribution in [3.63, 3.8) is 0 Å². The standard InChI is InChI=1S/C16H25N/c1-13-10-11-16(4,15(13,2)3)12-17-14-8-6-5-7-9-14/h5-9,13,17H,10-12H2,1-4H3/t13-,16+/m1/s1. The zero-order valence-corrected chi connectivity index (χ0v) is 11.6. The van der Waals surface area contributed by atoms with Gasteiger partial charge in [0, 0.05) is 12.2 Å². The van der Waals surface area contributed by atoms with Crippen molar-refractivity contribution in [3.05, 3.63) is 30.3 Å². The molecule has 0 spiro atoms. The topological polar surface area (TPSA) is 12.0 Å². The fourth-order valence-corrected chi connectivity index (χ4v) is 2.98. The van der Waals surface area contributed by atoms with Gasteiger partial charge in [-0.3, -0.25) is 0 Å². The second-order valence-corrected chi connectivity index (χ2v) is 6.44. The highest BCUT2D eigenvalue weighted by Gasteiger charge is 2.49. The molecular weight excluding hydrogens is 206 g/mol. The first-order valence-corrected chi connectivity index (χ1v) is 6.75. The second kappa shape index (κ2) is 4.36. The molecule has 1 aliphatic carbocycles. The van der Waals surface area contributed by atoms with Crippen LogP contribution in [0.4, 0.5) is 5.69 Å². The van der Waals surface area contributed by atoms with Crippen molar-refractivity contribution in [2.75, 3.05) is 11.9 Å². The van der Waals surface area contributed by atoms with Gasteiger partial charge >= 0.3 is 0 Å². The molecule has 0 unspecified atom stereocenters. The molecule has 1 saturated carbocycles. The number of benzene rings is 1. The van der Waals surface area contributed by atoms with Crippen LogP contribution in [0.3, 0.4) is 0 Å². The average Bonchev–Trinajstić information content (AvgIpc) is 2.53. The second-order valence-electron chi connectivity index (χ2n) is 6.44. The van der Waals surface area contributed by atoms with E-state index in [0.717, 1.165) is 12.5 Å². The molecule has 0 heterocycles. The van der Waals surface area contributed by atoms with E-state index in [1.807, 2.05) is 0 Å². The predicted octanol–water partition coefficient (Wildman–Crippen LogP) is 4.56. The van der Waals surface area contributed by atoms with Crippen LogP contribution < -0.4 is 5.32 Å². The van der Waals surface area contributed by atoms with Crippen LogP contribution in [0.5, 0.6) is 0 Å². The fraction of sp³-hybridized carbons (Fsp3) is 0.625. The summed E-state index contributed by atoms with van der Waals surface area (Å²) in [6.45, 7) is 10.8. The Bertz CT molecular complexity index is 368. The van der Waals surface area contributed by atoms with Gasteiger partial charge in [0.15, 0.2) is 0 Å². The number of hydrogen-bond donors (Lipinski definition) is 1. The minimum absolute atomic E-state index is 0.405. The van der Waals surface area contributed by atoms with Gasteiger partial charge in [0.25, 0.3) is 0 Å². The first-order valence-electron chi connectivity index (χ1n) is 6.75. The van der Waals surface area contributed by atoms with Crippen LogP contribution in [-0.2, 0) is 0 Å². The number of rotatable bonds is 3. The molecular formula is C16H25N. The van der Waals surface area contributed by atoms with E-state index in [0.29, 0.717) is 10.8 Å². The molecule has 1 aromatic rings. The molecule has 1 aliphatic rings. The SMILES string of the molecule is C[C@@H]1CC[C@@](C)(CNc2ccccc2)C1(C)C. The van der Waals surface area contributed by atoms with Gasteiger partial charge in [-0.05, 0) is 41.7 Å². The zero-order valence-electron chi connectivity index (χ0n) is 11.6. The van der Waals surface area contributed by atoms with E-state index in [1.54, 1.807) is 0 Å². The summed E-state index contributed by atoms with van der Waals surface area (Å²) in [7, 11) is 0. The highest BCUT2D eigenvalue weighted by Crippen LogP contribution is 2.55. The van der Waals surface area contributed by atoms with Gasteiger partial charge in [-0.1, -0.05) is 45.9 Å². The van der Waals surface area contributed by atoms with Crippen molar-refractivity contribution in [1.82, 2.24) is 0 Å². The summed E-state index contributed by atoms with van der Waals surface area (Å²) in [6, 6.07) is 10.5. The van der Waals surface area contributed by atoms with Gasteiger partial charge in [0.1, 0.15) is 0 Å². The van der Waals surface area contributed by atoms with Gasteiger partial charge in [-0.25, -0.2) is 0 Å². The molecule has 1 heteroatoms. The van der Waals surface area contributed by atoms with E-state index in [1.165, 1.54) is 18.5 Å². The number of para-hydroxylation sites is 1. The van der Waals surface area contributed by atoms with E-state index in [4.69, 9.17) is 0 Å². The lowest BCUT2D eigenvalue weighted by Crippen LogP contribution is -2.38. The summed E-state index contributed by atoms with van der Waals surface area (Å²) < 4.78 is 0. The monoisotopic (exact) mass is 231 g/mol. The molecule has 0 amide bonds. The molecule has 1 nitrogen and oxygen atoms in total. The molecule has 17 heavy (non-hydrogen) atoms. The first kappa shape index (κ1) is 12.5. The Morgan fingerprint density at radius 2 is 1.82 bits per heavy atom. The normalized spacial score (nSPS) is 31.4. The van der Waals surface area contributed by atoms with E-state index in [9.17, 15) is 0 Å². The van der Waals surface area contributed by atoms with Crippen molar-refractivity contribution >= 4 is 5.69 Å². The lowest BCUT2D eigenvalue weighted by Gasteiger charge is -2.41. The number of anilines is 1. The zero-order chi connectivity index (χ0) is 12.5. The molecule has 0 aromatic heterocycles. The number of hydrogen-bond acceptors (Lipinski definition) is 1. The Hall–Kier alpha value is -0.980. The van der Waals surface area contributed by atoms with Crippen LogP contribution in [-0.4, -0.2) is 6.54 Å². The Morgan fingerprint density at radius 1 is 1.18 bits per heavy atom. The lowest BCUT2D eigenvalue weighted by molar-refractivity contribution is 0.109. The lowest BCUT2D eigenvalue weighted by atomic mass is 9.66. The molecule has 0 saturated heterocycles. The fourth-order valence-electron chi connectivity index (χ4n) is 2.98. The van der Waals surface area contributed by atoms with Crippen molar-refractivity contribution in [1.29, 1.82) is 0 Å². The maximum atomic E-state index is 3.60. The third-order valence-electron chi connectivity index (χ3n) is 5.37. The predicted molar refractivity (Wildman–Crippen MR) is 75.2 cm³/mol. The Morgan fingerprint density at radius 3 is 2.35 bits per heavy atom. The van der Waals surface area contributed by atoms with E-state index in [-0.39, 0.29) is 0 Å². The Labute approximate surface area is 106 Å². The van der Waals surface area contributed by atoms with Crippen LogP contribution in [0, 0.1) is 16.7 Å². The molecule has 1 aromatic carbocycles. The summed E-state index contributed by atoms with van der Waals surface area (Å²) in [5.41, 5.74) is 2.07. The van der Waals surface area contributed by atoms with Crippen LogP contribution in [0.2, 0.25) is 0 Å². The van der Waals surface area contributed by atoms with Crippen LogP contribution in [0.1, 0.15) is 40.5 Å².